The van der Waals surface area contributed by atoms with E-state index >= 15 is 0 Å². The molecule has 0 N–H and O–H groups in total. The Bertz CT molecular complexity index is 1870. The highest BCUT2D eigenvalue weighted by molar-refractivity contribution is 6.07. The summed E-state index contributed by atoms with van der Waals surface area (Å²) in [7, 11) is 0. The normalized spacial score (nSPS) is 19.9. The van der Waals surface area contributed by atoms with Crippen LogP contribution in [0.25, 0.3) is 32.8 Å². The van der Waals surface area contributed by atoms with Crippen molar-refractivity contribution in [3.8, 4) is 11.3 Å². The number of rotatable bonds is 7. The number of fused-ring (bicyclic) bond motifs is 4. The number of allylic oxidation sites excluding steroid dienone is 4. The Morgan fingerprint density at radius 3 is 2.20 bits per heavy atom. The molecule has 1 aromatic heterocycles. The van der Waals surface area contributed by atoms with Crippen molar-refractivity contribution in [3.63, 3.8) is 0 Å². The highest BCUT2D eigenvalue weighted by Crippen LogP contribution is 2.58. The minimum absolute atomic E-state index is 0.112. The average molecular weight is 583 g/mol. The minimum Gasteiger partial charge on any atom is -0.184 e. The second-order valence-electron chi connectivity index (χ2n) is 15.9. The molecule has 1 aliphatic heterocycles. The molecule has 3 aliphatic rings. The SMILES string of the molecule is CCC(CC)C1=CC2(CC(C(CC)CC)=C1)c1cc3ccccc3c3c1-c1c4c(cc(CC(C)(C)C)cc4cc[n+]12)C3(C)C. The van der Waals surface area contributed by atoms with Crippen molar-refractivity contribution in [2.24, 2.45) is 17.3 Å². The first-order valence-corrected chi connectivity index (χ1v) is 17.5. The Kier molecular flexibility index (Phi) is 6.82. The van der Waals surface area contributed by atoms with Crippen LogP contribution in [-0.4, -0.2) is 0 Å². The topological polar surface area (TPSA) is 3.88 Å². The largest absolute Gasteiger partial charge is 0.222 e. The third-order valence-electron chi connectivity index (χ3n) is 11.5. The first kappa shape index (κ1) is 29.5. The van der Waals surface area contributed by atoms with Crippen molar-refractivity contribution in [1.29, 1.82) is 0 Å². The molecule has 2 aliphatic carbocycles. The molecule has 4 aromatic rings. The lowest BCUT2D eigenvalue weighted by Crippen LogP contribution is -2.55. The molecule has 0 amide bonds. The van der Waals surface area contributed by atoms with Gasteiger partial charge in [0.15, 0.2) is 6.20 Å². The smallest absolute Gasteiger partial charge is 0.184 e. The van der Waals surface area contributed by atoms with Gasteiger partial charge in [-0.3, -0.25) is 0 Å². The van der Waals surface area contributed by atoms with Gasteiger partial charge in [-0.25, -0.2) is 0 Å². The zero-order valence-corrected chi connectivity index (χ0v) is 28.7. The molecular formula is C43H52N+. The first-order chi connectivity index (χ1) is 21.0. The molecule has 1 unspecified atom stereocenters. The number of pyridine rings is 1. The van der Waals surface area contributed by atoms with E-state index in [4.69, 9.17) is 0 Å². The van der Waals surface area contributed by atoms with E-state index in [2.05, 4.69) is 134 Å². The maximum absolute atomic E-state index is 2.74. The van der Waals surface area contributed by atoms with Crippen molar-refractivity contribution in [1.82, 2.24) is 0 Å². The van der Waals surface area contributed by atoms with Crippen LogP contribution in [0.4, 0.5) is 0 Å². The van der Waals surface area contributed by atoms with Gasteiger partial charge in [0.05, 0.1) is 10.9 Å². The Balaban J connectivity index is 1.63. The van der Waals surface area contributed by atoms with Gasteiger partial charge in [-0.1, -0.05) is 110 Å². The monoisotopic (exact) mass is 582 g/mol. The van der Waals surface area contributed by atoms with Crippen LogP contribution in [-0.2, 0) is 17.4 Å². The molecule has 2 heterocycles. The second-order valence-corrected chi connectivity index (χ2v) is 15.9. The Hall–Kier alpha value is -3.19. The summed E-state index contributed by atoms with van der Waals surface area (Å²) >= 11 is 0. The number of aromatic nitrogens is 1. The molecule has 0 bridgehead atoms. The van der Waals surface area contributed by atoms with E-state index < -0.39 is 0 Å². The lowest BCUT2D eigenvalue weighted by molar-refractivity contribution is -0.726. The van der Waals surface area contributed by atoms with E-state index in [9.17, 15) is 0 Å². The number of nitrogens with zero attached hydrogens (tertiary/aromatic N) is 1. The third-order valence-corrected chi connectivity index (χ3v) is 11.5. The van der Waals surface area contributed by atoms with E-state index in [1.807, 2.05) is 0 Å². The number of benzene rings is 3. The molecule has 1 heteroatoms. The summed E-state index contributed by atoms with van der Waals surface area (Å²) in [5.74, 6) is 1.21. The van der Waals surface area contributed by atoms with Gasteiger partial charge in [-0.15, -0.1) is 0 Å². The highest BCUT2D eigenvalue weighted by Gasteiger charge is 2.56. The summed E-state index contributed by atoms with van der Waals surface area (Å²) in [6, 6.07) is 19.3. The van der Waals surface area contributed by atoms with E-state index in [0.717, 1.165) is 12.8 Å². The Morgan fingerprint density at radius 1 is 0.818 bits per heavy atom. The van der Waals surface area contributed by atoms with Crippen LogP contribution in [0.2, 0.25) is 0 Å². The zero-order valence-electron chi connectivity index (χ0n) is 28.7. The molecule has 44 heavy (non-hydrogen) atoms. The average Bonchev–Trinajstić information content (AvgIpc) is 3.23. The van der Waals surface area contributed by atoms with Gasteiger partial charge in [0.1, 0.15) is 0 Å². The van der Waals surface area contributed by atoms with Crippen LogP contribution < -0.4 is 4.57 Å². The maximum atomic E-state index is 2.74. The second kappa shape index (κ2) is 10.2. The summed E-state index contributed by atoms with van der Waals surface area (Å²) < 4.78 is 2.74. The van der Waals surface area contributed by atoms with Gasteiger partial charge < -0.3 is 0 Å². The van der Waals surface area contributed by atoms with E-state index in [-0.39, 0.29) is 16.4 Å². The summed E-state index contributed by atoms with van der Waals surface area (Å²) in [5.41, 5.74) is 12.1. The first-order valence-electron chi connectivity index (χ1n) is 17.5. The maximum Gasteiger partial charge on any atom is 0.222 e. The van der Waals surface area contributed by atoms with Crippen LogP contribution >= 0.6 is 0 Å². The van der Waals surface area contributed by atoms with Crippen molar-refractivity contribution in [2.45, 2.75) is 112 Å². The zero-order chi connectivity index (χ0) is 31.2. The molecule has 228 valence electrons. The van der Waals surface area contributed by atoms with Crippen molar-refractivity contribution in [3.05, 3.63) is 100 Å². The van der Waals surface area contributed by atoms with Crippen LogP contribution in [0.1, 0.15) is 117 Å². The third kappa shape index (κ3) is 4.14. The van der Waals surface area contributed by atoms with Gasteiger partial charge >= 0.3 is 0 Å². The van der Waals surface area contributed by atoms with Crippen molar-refractivity contribution >= 4 is 21.5 Å². The number of hydrogen-bond acceptors (Lipinski definition) is 0. The molecule has 1 atom stereocenters. The van der Waals surface area contributed by atoms with Crippen LogP contribution in [0.15, 0.2) is 78.0 Å². The van der Waals surface area contributed by atoms with Gasteiger partial charge in [0, 0.05) is 23.5 Å². The predicted molar refractivity (Wildman–Crippen MR) is 188 cm³/mol. The van der Waals surface area contributed by atoms with Crippen LogP contribution in [0, 0.1) is 17.3 Å². The van der Waals surface area contributed by atoms with Crippen molar-refractivity contribution < 1.29 is 4.57 Å². The Morgan fingerprint density at radius 2 is 1.52 bits per heavy atom. The van der Waals surface area contributed by atoms with Crippen molar-refractivity contribution in [2.75, 3.05) is 0 Å². The summed E-state index contributed by atoms with van der Waals surface area (Å²) in [6.45, 7) is 21.6. The standard InChI is InChI=1S/C43H52N/c1-10-28(11-2)32-22-33(29(12-3)13-4)26-43(25-32)36-23-30-16-14-15-17-34(30)39-38(36)40-37-31(18-19-44(40)43)20-27(24-41(5,6)7)21-35(37)42(39,8)9/h14-23,25,28-29H,10-13,24,26H2,1-9H3/q+1. The van der Waals surface area contributed by atoms with Gasteiger partial charge in [-0.05, 0) is 99.9 Å². The molecule has 1 nitrogen and oxygen atoms in total. The molecule has 3 aromatic carbocycles. The summed E-state index contributed by atoms with van der Waals surface area (Å²) in [6.07, 6.45) is 14.7. The van der Waals surface area contributed by atoms with Crippen LogP contribution in [0.3, 0.4) is 0 Å². The summed E-state index contributed by atoms with van der Waals surface area (Å²) in [5, 5.41) is 5.68. The minimum atomic E-state index is -0.204. The summed E-state index contributed by atoms with van der Waals surface area (Å²) in [4.78, 5) is 0. The Labute approximate surface area is 266 Å². The lowest BCUT2D eigenvalue weighted by Gasteiger charge is -2.35. The fraction of sp³-hybridized carbons (Fsp3) is 0.465. The molecule has 0 saturated heterocycles. The van der Waals surface area contributed by atoms with Crippen LogP contribution in [0.5, 0.6) is 0 Å². The molecule has 0 saturated carbocycles. The highest BCUT2D eigenvalue weighted by atomic mass is 15.1. The quantitative estimate of drug-likeness (QED) is 0.191. The number of hydrogen-bond donors (Lipinski definition) is 0. The molecule has 1 spiro atoms. The fourth-order valence-electron chi connectivity index (χ4n) is 9.45. The predicted octanol–water partition coefficient (Wildman–Crippen LogP) is 11.4. The molecule has 7 rings (SSSR count). The van der Waals surface area contributed by atoms with E-state index in [0.29, 0.717) is 11.8 Å². The van der Waals surface area contributed by atoms with Gasteiger partial charge in [-0.2, -0.15) is 4.57 Å². The van der Waals surface area contributed by atoms with E-state index in [1.165, 1.54) is 80.7 Å². The van der Waals surface area contributed by atoms with E-state index in [1.54, 1.807) is 11.1 Å². The fourth-order valence-corrected chi connectivity index (χ4v) is 9.45. The van der Waals surface area contributed by atoms with Gasteiger partial charge in [0.25, 0.3) is 0 Å². The van der Waals surface area contributed by atoms with Gasteiger partial charge in [0.2, 0.25) is 11.2 Å². The molecule has 0 fully saturated rings. The lowest BCUT2D eigenvalue weighted by atomic mass is 9.65. The molecule has 0 radical (unpaired) electrons. The molecular weight excluding hydrogens is 530 g/mol.